The van der Waals surface area contributed by atoms with E-state index in [-0.39, 0.29) is 17.9 Å². The normalized spacial score (nSPS) is 14.4. The van der Waals surface area contributed by atoms with Gasteiger partial charge in [-0.3, -0.25) is 14.9 Å². The number of barbiturate groups is 1. The molecule has 1 aliphatic rings. The zero-order valence-corrected chi connectivity index (χ0v) is 21.6. The molecule has 0 saturated carbocycles. The fraction of sp³-hybridized carbons (Fsp3) is 0.111. The van der Waals surface area contributed by atoms with E-state index in [9.17, 15) is 24.0 Å². The molecule has 0 unspecified atom stereocenters. The third-order valence-electron chi connectivity index (χ3n) is 5.34. The lowest BCUT2D eigenvalue weighted by Gasteiger charge is -2.26. The molecule has 4 amide bonds. The lowest BCUT2D eigenvalue weighted by molar-refractivity contribution is -0.122. The third-order valence-corrected chi connectivity index (χ3v) is 6.14. The summed E-state index contributed by atoms with van der Waals surface area (Å²) in [5.41, 5.74) is 1.51. The predicted molar refractivity (Wildman–Crippen MR) is 141 cm³/mol. The van der Waals surface area contributed by atoms with Gasteiger partial charge in [-0.25, -0.2) is 14.1 Å². The van der Waals surface area contributed by atoms with Gasteiger partial charge in [0.15, 0.2) is 11.5 Å². The number of hydrogen-bond acceptors (Lipinski definition) is 6. The number of ether oxygens (including phenoxy) is 2. The molecule has 186 valence electrons. The summed E-state index contributed by atoms with van der Waals surface area (Å²) in [5.74, 6) is -1.40. The molecule has 10 heteroatoms. The molecule has 8 nitrogen and oxygen atoms in total. The van der Waals surface area contributed by atoms with Gasteiger partial charge < -0.3 is 9.47 Å². The van der Waals surface area contributed by atoms with E-state index < -0.39 is 23.7 Å². The number of carbonyl (C=O) groups excluding carboxylic acids is 3. The van der Waals surface area contributed by atoms with Gasteiger partial charge in [-0.05, 0) is 83.6 Å². The minimum atomic E-state index is -0.926. The van der Waals surface area contributed by atoms with E-state index >= 15 is 0 Å². The fourth-order valence-corrected chi connectivity index (χ4v) is 4.41. The molecule has 37 heavy (non-hydrogen) atoms. The van der Waals surface area contributed by atoms with Gasteiger partial charge in [0.2, 0.25) is 0 Å². The van der Waals surface area contributed by atoms with Crippen molar-refractivity contribution in [3.05, 3.63) is 92.3 Å². The number of rotatable bonds is 7. The molecule has 3 aromatic carbocycles. The number of benzene rings is 3. The van der Waals surface area contributed by atoms with E-state index in [0.29, 0.717) is 38.4 Å². The summed E-state index contributed by atoms with van der Waals surface area (Å²) in [7, 11) is 0. The Balaban J connectivity index is 1.67. The third kappa shape index (κ3) is 5.62. The van der Waals surface area contributed by atoms with Crippen LogP contribution in [0.5, 0.6) is 11.5 Å². The van der Waals surface area contributed by atoms with Crippen LogP contribution in [0.1, 0.15) is 23.6 Å². The molecule has 0 spiro atoms. The molecule has 0 radical (unpaired) electrons. The Bertz CT molecular complexity index is 1460. The summed E-state index contributed by atoms with van der Waals surface area (Å²) in [6, 6.07) is 16.4. The Morgan fingerprint density at radius 3 is 2.51 bits per heavy atom. The van der Waals surface area contributed by atoms with Crippen molar-refractivity contribution in [1.82, 2.24) is 5.32 Å². The minimum Gasteiger partial charge on any atom is -0.490 e. The molecule has 4 rings (SSSR count). The Hall–Kier alpha value is -4.24. The Morgan fingerprint density at radius 2 is 1.81 bits per heavy atom. The summed E-state index contributed by atoms with van der Waals surface area (Å²) >= 11 is 2.05. The number of anilines is 1. The lowest BCUT2D eigenvalue weighted by Crippen LogP contribution is -2.54. The van der Waals surface area contributed by atoms with Gasteiger partial charge in [0.1, 0.15) is 18.0 Å². The van der Waals surface area contributed by atoms with Crippen molar-refractivity contribution in [2.24, 2.45) is 0 Å². The first kappa shape index (κ1) is 25.8. The van der Waals surface area contributed by atoms with Gasteiger partial charge in [-0.15, -0.1) is 0 Å². The molecule has 0 atom stereocenters. The van der Waals surface area contributed by atoms with Crippen LogP contribution in [-0.2, 0) is 16.2 Å². The highest BCUT2D eigenvalue weighted by atomic mass is 127. The number of halogens is 2. The SMILES string of the molecule is CCOc1cc(/C=C2\C(=O)NC(=O)N(c3ccc(F)cc3)C2=O)cc(I)c1OCc1ccccc1C#N. The Morgan fingerprint density at radius 1 is 1.08 bits per heavy atom. The second-order valence-corrected chi connectivity index (χ2v) is 8.92. The Labute approximate surface area is 225 Å². The molecular formula is C27H19FIN3O5. The van der Waals surface area contributed by atoms with Crippen molar-refractivity contribution in [3.8, 4) is 17.6 Å². The fourth-order valence-electron chi connectivity index (χ4n) is 3.63. The maximum atomic E-state index is 13.3. The van der Waals surface area contributed by atoms with Gasteiger partial charge in [0.05, 0.1) is 27.5 Å². The highest BCUT2D eigenvalue weighted by Gasteiger charge is 2.36. The van der Waals surface area contributed by atoms with Crippen LogP contribution in [0.3, 0.4) is 0 Å². The highest BCUT2D eigenvalue weighted by molar-refractivity contribution is 14.1. The molecule has 1 N–H and O–H groups in total. The van der Waals surface area contributed by atoms with Crippen LogP contribution in [0.15, 0.2) is 66.2 Å². The smallest absolute Gasteiger partial charge is 0.335 e. The van der Waals surface area contributed by atoms with Gasteiger partial charge in [0.25, 0.3) is 11.8 Å². The van der Waals surface area contributed by atoms with E-state index in [1.54, 1.807) is 37.3 Å². The van der Waals surface area contributed by atoms with Crippen LogP contribution >= 0.6 is 22.6 Å². The van der Waals surface area contributed by atoms with Crippen molar-refractivity contribution >= 4 is 52.2 Å². The molecule has 1 heterocycles. The molecule has 0 aliphatic carbocycles. The van der Waals surface area contributed by atoms with Crippen LogP contribution in [0.25, 0.3) is 6.08 Å². The Kier molecular flexibility index (Phi) is 7.83. The zero-order valence-electron chi connectivity index (χ0n) is 19.5. The van der Waals surface area contributed by atoms with Crippen LogP contribution in [0.2, 0.25) is 0 Å². The lowest BCUT2D eigenvalue weighted by atomic mass is 10.1. The number of imide groups is 2. The largest absolute Gasteiger partial charge is 0.490 e. The van der Waals surface area contributed by atoms with Crippen LogP contribution in [0.4, 0.5) is 14.9 Å². The number of nitrogens with one attached hydrogen (secondary N) is 1. The van der Waals surface area contributed by atoms with E-state index in [1.165, 1.54) is 18.2 Å². The molecule has 0 aromatic heterocycles. The number of hydrogen-bond donors (Lipinski definition) is 1. The summed E-state index contributed by atoms with van der Waals surface area (Å²) in [4.78, 5) is 38.8. The van der Waals surface area contributed by atoms with Gasteiger partial charge in [-0.1, -0.05) is 18.2 Å². The van der Waals surface area contributed by atoms with Crippen molar-refractivity contribution < 1.29 is 28.2 Å². The van der Waals surface area contributed by atoms with Crippen LogP contribution in [-0.4, -0.2) is 24.5 Å². The summed E-state index contributed by atoms with van der Waals surface area (Å²) in [6.07, 6.45) is 1.35. The first-order valence-electron chi connectivity index (χ1n) is 11.1. The molecular weight excluding hydrogens is 592 g/mol. The average Bonchev–Trinajstić information content (AvgIpc) is 2.87. The highest BCUT2D eigenvalue weighted by Crippen LogP contribution is 2.36. The van der Waals surface area contributed by atoms with Crippen molar-refractivity contribution in [2.45, 2.75) is 13.5 Å². The van der Waals surface area contributed by atoms with Crippen molar-refractivity contribution in [3.63, 3.8) is 0 Å². The van der Waals surface area contributed by atoms with Crippen LogP contribution < -0.4 is 19.7 Å². The maximum absolute atomic E-state index is 13.3. The van der Waals surface area contributed by atoms with Crippen molar-refractivity contribution in [1.29, 1.82) is 5.26 Å². The average molecular weight is 611 g/mol. The summed E-state index contributed by atoms with van der Waals surface area (Å²) in [6.45, 7) is 2.26. The molecule has 1 aliphatic heterocycles. The summed E-state index contributed by atoms with van der Waals surface area (Å²) in [5, 5.41) is 11.5. The van der Waals surface area contributed by atoms with Gasteiger partial charge >= 0.3 is 6.03 Å². The van der Waals surface area contributed by atoms with Crippen molar-refractivity contribution in [2.75, 3.05) is 11.5 Å². The van der Waals surface area contributed by atoms with E-state index in [4.69, 9.17) is 9.47 Å². The van der Waals surface area contributed by atoms with E-state index in [2.05, 4.69) is 34.0 Å². The van der Waals surface area contributed by atoms with Gasteiger partial charge in [-0.2, -0.15) is 5.26 Å². The quantitative estimate of drug-likeness (QED) is 0.230. The number of amides is 4. The number of nitriles is 1. The first-order chi connectivity index (χ1) is 17.8. The number of urea groups is 1. The predicted octanol–water partition coefficient (Wildman–Crippen LogP) is 4.95. The summed E-state index contributed by atoms with van der Waals surface area (Å²) < 4.78 is 25.7. The number of nitrogens with zero attached hydrogens (tertiary/aromatic N) is 2. The second kappa shape index (κ2) is 11.2. The standard InChI is InChI=1S/C27H19FIN3O5/c1-2-36-23-13-16(12-22(29)24(23)37-15-18-6-4-3-5-17(18)14-30)11-21-25(33)31-27(35)32(26(21)34)20-9-7-19(28)8-10-20/h3-13H,2,15H2,1H3,(H,31,33,35)/b21-11+. The minimum absolute atomic E-state index is 0.119. The van der Waals surface area contributed by atoms with Gasteiger partial charge in [0, 0.05) is 5.56 Å². The van der Waals surface area contributed by atoms with Crippen LogP contribution in [0, 0.1) is 20.7 Å². The first-order valence-corrected chi connectivity index (χ1v) is 12.1. The zero-order chi connectivity index (χ0) is 26.5. The van der Waals surface area contributed by atoms with E-state index in [1.807, 2.05) is 6.07 Å². The second-order valence-electron chi connectivity index (χ2n) is 7.75. The monoisotopic (exact) mass is 611 g/mol. The number of carbonyl (C=O) groups is 3. The maximum Gasteiger partial charge on any atom is 0.335 e. The van der Waals surface area contributed by atoms with E-state index in [0.717, 1.165) is 17.0 Å². The topological polar surface area (TPSA) is 109 Å². The molecule has 0 bridgehead atoms. The molecule has 1 fully saturated rings. The molecule has 1 saturated heterocycles. The molecule has 3 aromatic rings.